The van der Waals surface area contributed by atoms with Crippen molar-refractivity contribution < 1.29 is 80.2 Å². The van der Waals surface area contributed by atoms with Gasteiger partial charge in [-0.25, -0.2) is 9.13 Å². The molecule has 2 unspecified atom stereocenters. The Morgan fingerprint density at radius 2 is 0.545 bits per heavy atom. The van der Waals surface area contributed by atoms with Crippen LogP contribution in [0.4, 0.5) is 0 Å². The Morgan fingerprint density at radius 1 is 0.313 bits per heavy atom. The number of hydrogen-bond acceptors (Lipinski definition) is 15. The van der Waals surface area contributed by atoms with Gasteiger partial charge in [-0.1, -0.05) is 336 Å². The van der Waals surface area contributed by atoms with Crippen molar-refractivity contribution in [1.29, 1.82) is 0 Å². The summed E-state index contributed by atoms with van der Waals surface area (Å²) in [5.74, 6) is 0.174. The van der Waals surface area contributed by atoms with Crippen LogP contribution in [0.15, 0.2) is 24.3 Å². The normalized spacial score (nSPS) is 14.2. The van der Waals surface area contributed by atoms with Crippen LogP contribution in [0, 0.1) is 17.8 Å². The predicted molar refractivity (Wildman–Crippen MR) is 404 cm³/mol. The Balaban J connectivity index is 5.30. The Hall–Kier alpha value is -2.46. The molecule has 0 aromatic heterocycles. The van der Waals surface area contributed by atoms with Gasteiger partial charge >= 0.3 is 39.5 Å². The topological polar surface area (TPSA) is 237 Å². The minimum Gasteiger partial charge on any atom is -0.462 e. The zero-order valence-electron chi connectivity index (χ0n) is 64.4. The van der Waals surface area contributed by atoms with Gasteiger partial charge in [0.25, 0.3) is 0 Å². The van der Waals surface area contributed by atoms with Gasteiger partial charge in [-0.05, 0) is 69.1 Å². The second kappa shape index (κ2) is 69.9. The summed E-state index contributed by atoms with van der Waals surface area (Å²) in [6.45, 7) is 11.9. The first-order chi connectivity index (χ1) is 47.7. The van der Waals surface area contributed by atoms with Crippen LogP contribution in [0.3, 0.4) is 0 Å². The number of phosphoric ester groups is 2. The lowest BCUT2D eigenvalue weighted by atomic mass is 10.0. The summed E-state index contributed by atoms with van der Waals surface area (Å²) in [7, 11) is -9.93. The highest BCUT2D eigenvalue weighted by Gasteiger charge is 2.30. The van der Waals surface area contributed by atoms with Gasteiger partial charge < -0.3 is 33.8 Å². The van der Waals surface area contributed by atoms with Crippen molar-refractivity contribution in [1.82, 2.24) is 0 Å². The highest BCUT2D eigenvalue weighted by atomic mass is 31.2. The molecule has 17 nitrogen and oxygen atoms in total. The largest absolute Gasteiger partial charge is 0.472 e. The van der Waals surface area contributed by atoms with Crippen LogP contribution >= 0.6 is 15.6 Å². The first-order valence-corrected chi connectivity index (χ1v) is 43.7. The lowest BCUT2D eigenvalue weighted by Crippen LogP contribution is -2.30. The first-order valence-electron chi connectivity index (χ1n) is 40.7. The molecule has 0 saturated carbocycles. The molecule has 99 heavy (non-hydrogen) atoms. The van der Waals surface area contributed by atoms with E-state index in [9.17, 15) is 43.2 Å². The Labute approximate surface area is 605 Å². The lowest BCUT2D eigenvalue weighted by molar-refractivity contribution is -0.161. The third-order valence-electron chi connectivity index (χ3n) is 18.0. The van der Waals surface area contributed by atoms with E-state index in [1.807, 2.05) is 0 Å². The number of esters is 4. The summed E-state index contributed by atoms with van der Waals surface area (Å²) in [6.07, 6.45) is 60.4. The van der Waals surface area contributed by atoms with Crippen LogP contribution in [0.25, 0.3) is 0 Å². The van der Waals surface area contributed by atoms with Crippen LogP contribution in [-0.4, -0.2) is 96.7 Å². The van der Waals surface area contributed by atoms with E-state index in [2.05, 4.69) is 72.8 Å². The van der Waals surface area contributed by atoms with Crippen molar-refractivity contribution in [3.8, 4) is 0 Å². The van der Waals surface area contributed by atoms with E-state index in [-0.39, 0.29) is 25.7 Å². The molecule has 0 aromatic carbocycles. The molecule has 5 atom stereocenters. The number of aliphatic hydroxyl groups is 1. The molecule has 0 heterocycles. The molecule has 0 fully saturated rings. The predicted octanol–water partition coefficient (Wildman–Crippen LogP) is 23.3. The maximum Gasteiger partial charge on any atom is 0.472 e. The molecule has 0 aliphatic rings. The Kier molecular flexibility index (Phi) is 68.1. The van der Waals surface area contributed by atoms with Crippen LogP contribution in [0.5, 0.6) is 0 Å². The quantitative estimate of drug-likeness (QED) is 0.0169. The van der Waals surface area contributed by atoms with Gasteiger partial charge in [0, 0.05) is 25.7 Å². The number of carbonyl (C=O) groups is 4. The Morgan fingerprint density at radius 3 is 0.818 bits per heavy atom. The van der Waals surface area contributed by atoms with Gasteiger partial charge in [-0.3, -0.25) is 37.3 Å². The fourth-order valence-electron chi connectivity index (χ4n) is 11.8. The summed E-state index contributed by atoms with van der Waals surface area (Å²) in [5.41, 5.74) is 0. The SMILES string of the molecule is CCCCCC/C=C\C=C/CCCCCCCC(=O)O[C@H](COC(=O)CCCCCCCCCCCC(C)C)COP(=O)(O)OC[C@H](O)COP(=O)(O)OC[C@@H](COC(=O)CCCCCCCCCCCCCCCC(C)C)OC(=O)CCCCCCCCCCCCCCCC(C)C. The van der Waals surface area contributed by atoms with Crippen molar-refractivity contribution >= 4 is 39.5 Å². The average Bonchev–Trinajstić information content (AvgIpc) is 1.79. The van der Waals surface area contributed by atoms with Crippen molar-refractivity contribution in [2.75, 3.05) is 39.6 Å². The Bertz CT molecular complexity index is 2020. The summed E-state index contributed by atoms with van der Waals surface area (Å²) in [6, 6.07) is 0. The standard InChI is InChI=1S/C80H152O17P2/c1-8-9-10-11-12-13-14-15-16-21-27-34-42-49-56-63-79(84)97-76(68-91-78(83)62-55-48-41-36-29-32-39-46-53-60-73(6)7)70-95-99(88,89)93-66-74(81)65-92-98(86,87)94-69-75(96-80(85)64-57-50-43-35-28-23-18-20-25-31-38-45-52-59-72(4)5)67-90-77(82)61-54-47-40-33-26-22-17-19-24-30-37-44-51-58-71(2)3/h13-16,71-76,81H,8-12,17-70H2,1-7H3,(H,86,87)(H,88,89)/b14-13-,16-15-/t74-,75-,76-/m1/s1. The molecule has 0 aliphatic heterocycles. The van der Waals surface area contributed by atoms with Gasteiger partial charge in [0.15, 0.2) is 12.2 Å². The molecule has 3 N–H and O–H groups in total. The van der Waals surface area contributed by atoms with Crippen LogP contribution < -0.4 is 0 Å². The van der Waals surface area contributed by atoms with Crippen molar-refractivity contribution in [3.63, 3.8) is 0 Å². The number of phosphoric acid groups is 2. The number of hydrogen-bond donors (Lipinski definition) is 3. The number of rotatable bonds is 76. The molecular formula is C80H152O17P2. The van der Waals surface area contributed by atoms with Crippen molar-refractivity contribution in [3.05, 3.63) is 24.3 Å². The minimum absolute atomic E-state index is 0.0845. The molecule has 19 heteroatoms. The molecule has 584 valence electrons. The van der Waals surface area contributed by atoms with Crippen LogP contribution in [-0.2, 0) is 65.4 Å². The van der Waals surface area contributed by atoms with Crippen LogP contribution in [0.2, 0.25) is 0 Å². The highest BCUT2D eigenvalue weighted by Crippen LogP contribution is 2.45. The zero-order valence-corrected chi connectivity index (χ0v) is 66.2. The minimum atomic E-state index is -4.97. The highest BCUT2D eigenvalue weighted by molar-refractivity contribution is 7.47. The summed E-state index contributed by atoms with van der Waals surface area (Å²) in [4.78, 5) is 73.0. The molecule has 0 spiro atoms. The molecule has 0 saturated heterocycles. The second-order valence-electron chi connectivity index (χ2n) is 29.5. The third-order valence-corrected chi connectivity index (χ3v) is 19.9. The maximum absolute atomic E-state index is 13.1. The van der Waals surface area contributed by atoms with Crippen molar-refractivity contribution in [2.45, 2.75) is 407 Å². The van der Waals surface area contributed by atoms with E-state index < -0.39 is 97.5 Å². The van der Waals surface area contributed by atoms with Gasteiger partial charge in [-0.2, -0.15) is 0 Å². The van der Waals surface area contributed by atoms with Gasteiger partial charge in [0.05, 0.1) is 26.4 Å². The molecule has 0 amide bonds. The molecular weight excluding hydrogens is 1290 g/mol. The number of unbranched alkanes of at least 4 members (excludes halogenated alkanes) is 41. The maximum atomic E-state index is 13.1. The fourth-order valence-corrected chi connectivity index (χ4v) is 13.3. The average molecular weight is 1450 g/mol. The van der Waals surface area contributed by atoms with E-state index in [1.54, 1.807) is 0 Å². The van der Waals surface area contributed by atoms with Crippen molar-refractivity contribution in [2.24, 2.45) is 17.8 Å². The number of ether oxygens (including phenoxy) is 4. The fraction of sp³-hybridized carbons (Fsp3) is 0.900. The summed E-state index contributed by atoms with van der Waals surface area (Å²) in [5, 5.41) is 10.6. The van der Waals surface area contributed by atoms with Gasteiger partial charge in [0.1, 0.15) is 19.3 Å². The van der Waals surface area contributed by atoms with E-state index >= 15 is 0 Å². The molecule has 0 aromatic rings. The number of aliphatic hydroxyl groups excluding tert-OH is 1. The number of allylic oxidation sites excluding steroid dienone is 4. The van der Waals surface area contributed by atoms with E-state index in [0.29, 0.717) is 25.7 Å². The summed E-state index contributed by atoms with van der Waals surface area (Å²) >= 11 is 0. The first kappa shape index (κ1) is 96.5. The molecule has 0 aliphatic carbocycles. The smallest absolute Gasteiger partial charge is 0.462 e. The van der Waals surface area contributed by atoms with Gasteiger partial charge in [0.2, 0.25) is 0 Å². The monoisotopic (exact) mass is 1450 g/mol. The molecule has 0 rings (SSSR count). The van der Waals surface area contributed by atoms with Crippen LogP contribution in [0.1, 0.15) is 389 Å². The van der Waals surface area contributed by atoms with E-state index in [4.69, 9.17) is 37.0 Å². The second-order valence-corrected chi connectivity index (χ2v) is 32.5. The number of carbonyl (C=O) groups excluding carboxylic acids is 4. The summed E-state index contributed by atoms with van der Waals surface area (Å²) < 4.78 is 68.7. The lowest BCUT2D eigenvalue weighted by Gasteiger charge is -2.21. The van der Waals surface area contributed by atoms with E-state index in [0.717, 1.165) is 120 Å². The molecule has 0 radical (unpaired) electrons. The van der Waals surface area contributed by atoms with E-state index in [1.165, 1.54) is 186 Å². The molecule has 0 bridgehead atoms. The zero-order chi connectivity index (χ0) is 73.0. The third kappa shape index (κ3) is 73.6. The van der Waals surface area contributed by atoms with Gasteiger partial charge in [-0.15, -0.1) is 0 Å².